The number of amides is 1. The number of carbonyl (C=O) groups is 2. The van der Waals surface area contributed by atoms with Crippen LogP contribution in [0.25, 0.3) is 11.3 Å². The minimum absolute atomic E-state index is 0.0876. The van der Waals surface area contributed by atoms with Crippen LogP contribution in [0.1, 0.15) is 18.4 Å². The highest BCUT2D eigenvalue weighted by molar-refractivity contribution is 7.09. The number of esters is 1. The molecule has 1 aromatic heterocycles. The number of aromatic nitrogens is 1. The van der Waals surface area contributed by atoms with Crippen molar-refractivity contribution in [3.63, 3.8) is 0 Å². The molecule has 1 amide bonds. The van der Waals surface area contributed by atoms with E-state index < -0.39 is 12.0 Å². The van der Waals surface area contributed by atoms with Crippen LogP contribution in [-0.4, -0.2) is 36.6 Å². The van der Waals surface area contributed by atoms with Crippen LogP contribution < -0.4 is 9.64 Å². The normalized spacial score (nSPS) is 14.8. The first kappa shape index (κ1) is 16.4. The molecule has 126 valence electrons. The van der Waals surface area contributed by atoms with E-state index in [0.29, 0.717) is 17.9 Å². The van der Waals surface area contributed by atoms with Crippen molar-refractivity contribution >= 4 is 28.9 Å². The topological polar surface area (TPSA) is 68.7 Å². The second kappa shape index (κ2) is 6.60. The van der Waals surface area contributed by atoms with Crippen LogP contribution in [0.3, 0.4) is 0 Å². The van der Waals surface area contributed by atoms with Crippen molar-refractivity contribution in [3.8, 4) is 17.0 Å². The molecule has 7 heteroatoms. The maximum atomic E-state index is 12.4. The molecule has 0 spiro atoms. The lowest BCUT2D eigenvalue weighted by Crippen LogP contribution is -2.49. The molecule has 2 aromatic rings. The van der Waals surface area contributed by atoms with Crippen LogP contribution in [-0.2, 0) is 14.3 Å². The molecule has 6 nitrogen and oxygen atoms in total. The van der Waals surface area contributed by atoms with Crippen LogP contribution >= 0.6 is 11.3 Å². The SMILES string of the molecule is CCC(C(=O)OC)N1C(=O)COc2ccc(-c3csc(C)n3)cc21. The average molecular weight is 346 g/mol. The van der Waals surface area contributed by atoms with E-state index in [0.717, 1.165) is 16.3 Å². The standard InChI is InChI=1S/C17H18N2O4S/c1-4-13(17(21)22-3)19-14-7-11(12-9-24-10(2)18-12)5-6-15(14)23-8-16(19)20/h5-7,9,13H,4,8H2,1-3H3. The number of methoxy groups -OCH3 is 1. The molecule has 0 aliphatic carbocycles. The number of thiazole rings is 1. The number of hydrogen-bond donors (Lipinski definition) is 0. The number of fused-ring (bicyclic) bond motifs is 1. The smallest absolute Gasteiger partial charge is 0.328 e. The molecular weight excluding hydrogens is 328 g/mol. The molecule has 1 aliphatic heterocycles. The molecule has 0 fully saturated rings. The average Bonchev–Trinajstić information content (AvgIpc) is 3.03. The minimum atomic E-state index is -0.669. The van der Waals surface area contributed by atoms with Gasteiger partial charge in [-0.05, 0) is 31.5 Å². The van der Waals surface area contributed by atoms with Gasteiger partial charge in [-0.3, -0.25) is 9.69 Å². The van der Waals surface area contributed by atoms with Crippen LogP contribution in [0.5, 0.6) is 5.75 Å². The molecule has 24 heavy (non-hydrogen) atoms. The third-order valence-corrected chi connectivity index (χ3v) is 4.70. The first-order valence-corrected chi connectivity index (χ1v) is 8.52. The number of rotatable bonds is 4. The maximum absolute atomic E-state index is 12.4. The number of ether oxygens (including phenoxy) is 2. The predicted molar refractivity (Wildman–Crippen MR) is 91.4 cm³/mol. The van der Waals surface area contributed by atoms with Crippen molar-refractivity contribution in [3.05, 3.63) is 28.6 Å². The summed E-state index contributed by atoms with van der Waals surface area (Å²) in [5, 5.41) is 2.93. The van der Waals surface area contributed by atoms with Crippen molar-refractivity contribution in [1.82, 2.24) is 4.98 Å². The Morgan fingerprint density at radius 1 is 1.50 bits per heavy atom. The lowest BCUT2D eigenvalue weighted by Gasteiger charge is -2.34. The summed E-state index contributed by atoms with van der Waals surface area (Å²) >= 11 is 1.56. The van der Waals surface area contributed by atoms with Gasteiger partial charge in [-0.1, -0.05) is 6.92 Å². The van der Waals surface area contributed by atoms with Gasteiger partial charge in [-0.15, -0.1) is 11.3 Å². The number of aryl methyl sites for hydroxylation is 1. The van der Waals surface area contributed by atoms with Gasteiger partial charge in [0.05, 0.1) is 23.5 Å². The molecule has 2 heterocycles. The van der Waals surface area contributed by atoms with Gasteiger partial charge >= 0.3 is 5.97 Å². The fourth-order valence-electron chi connectivity index (χ4n) is 2.76. The van der Waals surface area contributed by atoms with Gasteiger partial charge in [0.2, 0.25) is 0 Å². The second-order valence-electron chi connectivity index (χ2n) is 5.43. The molecule has 1 atom stereocenters. The Morgan fingerprint density at radius 2 is 2.29 bits per heavy atom. The summed E-state index contributed by atoms with van der Waals surface area (Å²) in [5.41, 5.74) is 2.29. The zero-order valence-electron chi connectivity index (χ0n) is 13.7. The molecule has 0 bridgehead atoms. The van der Waals surface area contributed by atoms with E-state index in [9.17, 15) is 9.59 Å². The summed E-state index contributed by atoms with van der Waals surface area (Å²) in [5.74, 6) is -0.118. The summed E-state index contributed by atoms with van der Waals surface area (Å²) in [7, 11) is 1.32. The van der Waals surface area contributed by atoms with Gasteiger partial charge in [0, 0.05) is 10.9 Å². The molecule has 1 aliphatic rings. The highest BCUT2D eigenvalue weighted by Gasteiger charge is 2.35. The van der Waals surface area contributed by atoms with Crippen molar-refractivity contribution < 1.29 is 19.1 Å². The first-order valence-electron chi connectivity index (χ1n) is 7.64. The van der Waals surface area contributed by atoms with Crippen molar-refractivity contribution in [2.75, 3.05) is 18.6 Å². The van der Waals surface area contributed by atoms with Crippen molar-refractivity contribution in [2.24, 2.45) is 0 Å². The van der Waals surface area contributed by atoms with Crippen LogP contribution in [0.15, 0.2) is 23.6 Å². The van der Waals surface area contributed by atoms with Gasteiger partial charge < -0.3 is 9.47 Å². The molecular formula is C17H18N2O4S. The highest BCUT2D eigenvalue weighted by atomic mass is 32.1. The summed E-state index contributed by atoms with van der Waals surface area (Å²) in [6, 6.07) is 4.88. The fourth-order valence-corrected chi connectivity index (χ4v) is 3.38. The number of anilines is 1. The Morgan fingerprint density at radius 3 is 2.92 bits per heavy atom. The summed E-state index contributed by atoms with van der Waals surface area (Å²) in [4.78, 5) is 30.4. The van der Waals surface area contributed by atoms with Gasteiger partial charge in [0.1, 0.15) is 11.8 Å². The third kappa shape index (κ3) is 2.87. The van der Waals surface area contributed by atoms with Crippen molar-refractivity contribution in [2.45, 2.75) is 26.3 Å². The molecule has 1 unspecified atom stereocenters. The van der Waals surface area contributed by atoms with E-state index in [4.69, 9.17) is 9.47 Å². The fraction of sp³-hybridized carbons (Fsp3) is 0.353. The van der Waals surface area contributed by atoms with Crippen molar-refractivity contribution in [1.29, 1.82) is 0 Å². The maximum Gasteiger partial charge on any atom is 0.328 e. The molecule has 1 aromatic carbocycles. The van der Waals surface area contributed by atoms with Gasteiger partial charge in [0.25, 0.3) is 5.91 Å². The summed E-state index contributed by atoms with van der Waals surface area (Å²) in [6.45, 7) is 3.70. The zero-order chi connectivity index (χ0) is 17.3. The van der Waals surface area contributed by atoms with Gasteiger partial charge in [-0.2, -0.15) is 0 Å². The van der Waals surface area contributed by atoms with E-state index in [-0.39, 0.29) is 12.5 Å². The second-order valence-corrected chi connectivity index (χ2v) is 6.50. The lowest BCUT2D eigenvalue weighted by molar-refractivity contribution is -0.144. The Balaban J connectivity index is 2.07. The van der Waals surface area contributed by atoms with E-state index >= 15 is 0 Å². The number of benzene rings is 1. The lowest BCUT2D eigenvalue weighted by atomic mass is 10.1. The third-order valence-electron chi connectivity index (χ3n) is 3.92. The van der Waals surface area contributed by atoms with Crippen LogP contribution in [0, 0.1) is 6.92 Å². The quantitative estimate of drug-likeness (QED) is 0.796. The van der Waals surface area contributed by atoms with Gasteiger partial charge in [-0.25, -0.2) is 9.78 Å². The molecule has 0 saturated heterocycles. The van der Waals surface area contributed by atoms with E-state index in [1.54, 1.807) is 11.3 Å². The van der Waals surface area contributed by atoms with Gasteiger partial charge in [0.15, 0.2) is 6.61 Å². The van der Waals surface area contributed by atoms with E-state index in [2.05, 4.69) is 4.98 Å². The van der Waals surface area contributed by atoms with Crippen LogP contribution in [0.4, 0.5) is 5.69 Å². The summed E-state index contributed by atoms with van der Waals surface area (Å²) in [6.07, 6.45) is 0.456. The number of carbonyl (C=O) groups excluding carboxylic acids is 2. The van der Waals surface area contributed by atoms with E-state index in [1.807, 2.05) is 37.4 Å². The molecule has 3 rings (SSSR count). The minimum Gasteiger partial charge on any atom is -0.482 e. The number of hydrogen-bond acceptors (Lipinski definition) is 6. The largest absolute Gasteiger partial charge is 0.482 e. The Labute approximate surface area is 144 Å². The molecule has 0 saturated carbocycles. The summed E-state index contributed by atoms with van der Waals surface area (Å²) < 4.78 is 10.4. The first-order chi connectivity index (χ1) is 11.5. The molecule has 0 radical (unpaired) electrons. The highest BCUT2D eigenvalue weighted by Crippen LogP contribution is 2.37. The predicted octanol–water partition coefficient (Wildman–Crippen LogP) is 2.80. The number of nitrogens with zero attached hydrogens (tertiary/aromatic N) is 2. The van der Waals surface area contributed by atoms with Crippen LogP contribution in [0.2, 0.25) is 0 Å². The Hall–Kier alpha value is -2.41. The molecule has 0 N–H and O–H groups in total. The Kier molecular flexibility index (Phi) is 4.53. The zero-order valence-corrected chi connectivity index (χ0v) is 14.6. The monoisotopic (exact) mass is 346 g/mol. The Bertz CT molecular complexity index is 787. The van der Waals surface area contributed by atoms with E-state index in [1.165, 1.54) is 12.0 Å².